The van der Waals surface area contributed by atoms with Gasteiger partial charge in [-0.2, -0.15) is 0 Å². The van der Waals surface area contributed by atoms with E-state index in [0.29, 0.717) is 23.0 Å². The second kappa shape index (κ2) is 7.97. The predicted molar refractivity (Wildman–Crippen MR) is 105 cm³/mol. The Morgan fingerprint density at radius 3 is 1.96 bits per heavy atom. The van der Waals surface area contributed by atoms with Gasteiger partial charge >= 0.3 is 0 Å². The fourth-order valence-corrected chi connectivity index (χ4v) is 9.59. The molecule has 0 aliphatic heterocycles. The summed E-state index contributed by atoms with van der Waals surface area (Å²) in [7, 11) is -1.98. The van der Waals surface area contributed by atoms with Crippen molar-refractivity contribution in [1.82, 2.24) is 0 Å². The molecule has 1 rings (SSSR count). The predicted octanol–water partition coefficient (Wildman–Crippen LogP) is 6.90. The van der Waals surface area contributed by atoms with Crippen LogP contribution < -0.4 is 4.43 Å². The van der Waals surface area contributed by atoms with Crippen LogP contribution in [0.3, 0.4) is 0 Å². The number of carbonyl (C=O) groups is 1. The first-order valence-corrected chi connectivity index (χ1v) is 11.5. The van der Waals surface area contributed by atoms with Gasteiger partial charge in [0.25, 0.3) is 8.32 Å². The van der Waals surface area contributed by atoms with Crippen LogP contribution in [0.1, 0.15) is 70.8 Å². The number of halogens is 1. The largest absolute Gasteiger partial charge is 0.542 e. The highest BCUT2D eigenvalue weighted by atomic mass is 79.9. The van der Waals surface area contributed by atoms with E-state index in [9.17, 15) is 4.79 Å². The molecule has 0 aliphatic rings. The van der Waals surface area contributed by atoms with Crippen LogP contribution in [-0.2, 0) is 0 Å². The Labute approximate surface area is 151 Å². The molecule has 0 aromatic heterocycles. The standard InChI is InChI=1S/C19H31BrO2Si/c1-9-17(21)16-10-11-18(15(8)19(16)20)22-23(12(2)3,13(4)5)14(6)7/h10-14H,9H2,1-8H3. The first kappa shape index (κ1) is 20.4. The average Bonchev–Trinajstić information content (AvgIpc) is 2.46. The molecule has 0 unspecified atom stereocenters. The highest BCUT2D eigenvalue weighted by molar-refractivity contribution is 9.10. The summed E-state index contributed by atoms with van der Waals surface area (Å²) in [5, 5.41) is 0. The van der Waals surface area contributed by atoms with Crippen LogP contribution >= 0.6 is 15.9 Å². The van der Waals surface area contributed by atoms with Crippen molar-refractivity contribution in [3.05, 3.63) is 27.7 Å². The van der Waals surface area contributed by atoms with E-state index >= 15 is 0 Å². The van der Waals surface area contributed by atoms with Gasteiger partial charge in [0.05, 0.1) is 0 Å². The molecule has 0 bridgehead atoms. The van der Waals surface area contributed by atoms with Crippen LogP contribution in [0, 0.1) is 6.92 Å². The second-order valence-corrected chi connectivity index (χ2v) is 13.4. The zero-order valence-electron chi connectivity index (χ0n) is 15.8. The number of Topliss-reactive ketones (excluding diaryl/α,β-unsaturated/α-hetero) is 1. The van der Waals surface area contributed by atoms with E-state index in [0.717, 1.165) is 21.3 Å². The van der Waals surface area contributed by atoms with Crippen molar-refractivity contribution in [3.8, 4) is 5.75 Å². The molecule has 0 fully saturated rings. The number of benzene rings is 1. The Bertz CT molecular complexity index is 543. The van der Waals surface area contributed by atoms with Crippen molar-refractivity contribution in [2.75, 3.05) is 0 Å². The summed E-state index contributed by atoms with van der Waals surface area (Å²) in [6, 6.07) is 3.89. The van der Waals surface area contributed by atoms with E-state index in [1.807, 2.05) is 26.0 Å². The quantitative estimate of drug-likeness (QED) is 0.368. The van der Waals surface area contributed by atoms with Gasteiger partial charge in [0.2, 0.25) is 0 Å². The third kappa shape index (κ3) is 3.90. The van der Waals surface area contributed by atoms with Gasteiger partial charge in [-0.3, -0.25) is 4.79 Å². The van der Waals surface area contributed by atoms with Crippen molar-refractivity contribution in [2.45, 2.75) is 78.4 Å². The van der Waals surface area contributed by atoms with Crippen molar-refractivity contribution in [1.29, 1.82) is 0 Å². The highest BCUT2D eigenvalue weighted by Gasteiger charge is 2.47. The lowest BCUT2D eigenvalue weighted by Crippen LogP contribution is -2.50. The summed E-state index contributed by atoms with van der Waals surface area (Å²) in [4.78, 5) is 12.0. The van der Waals surface area contributed by atoms with Gasteiger partial charge in [-0.25, -0.2) is 0 Å². The van der Waals surface area contributed by atoms with Gasteiger partial charge in [0.15, 0.2) is 5.78 Å². The molecule has 1 aromatic carbocycles. The maximum absolute atomic E-state index is 12.0. The van der Waals surface area contributed by atoms with Crippen molar-refractivity contribution in [3.63, 3.8) is 0 Å². The van der Waals surface area contributed by atoms with Gasteiger partial charge in [0.1, 0.15) is 5.75 Å². The lowest BCUT2D eigenvalue weighted by atomic mass is 10.1. The molecule has 0 saturated heterocycles. The number of hydrogen-bond donors (Lipinski definition) is 0. The van der Waals surface area contributed by atoms with Crippen LogP contribution in [0.4, 0.5) is 0 Å². The average molecular weight is 399 g/mol. The lowest BCUT2D eigenvalue weighted by molar-refractivity contribution is 0.0987. The fraction of sp³-hybridized carbons (Fsp3) is 0.632. The number of ketones is 1. The first-order valence-electron chi connectivity index (χ1n) is 8.60. The normalized spacial score (nSPS) is 12.3. The summed E-state index contributed by atoms with van der Waals surface area (Å²) in [5.74, 6) is 1.08. The van der Waals surface area contributed by atoms with E-state index in [1.165, 1.54) is 0 Å². The van der Waals surface area contributed by atoms with Crippen LogP contribution in [0.25, 0.3) is 0 Å². The van der Waals surface area contributed by atoms with Gasteiger partial charge in [-0.05, 0) is 51.6 Å². The summed E-state index contributed by atoms with van der Waals surface area (Å²) < 4.78 is 7.64. The minimum absolute atomic E-state index is 0.159. The topological polar surface area (TPSA) is 26.3 Å². The van der Waals surface area contributed by atoms with E-state index < -0.39 is 8.32 Å². The van der Waals surface area contributed by atoms with E-state index in [1.54, 1.807) is 0 Å². The molecule has 0 amide bonds. The summed E-state index contributed by atoms with van der Waals surface area (Å²) in [6.07, 6.45) is 0.515. The molecule has 130 valence electrons. The number of rotatable bonds is 7. The Morgan fingerprint density at radius 2 is 1.57 bits per heavy atom. The maximum atomic E-state index is 12.0. The van der Waals surface area contributed by atoms with Crippen LogP contribution in [-0.4, -0.2) is 14.1 Å². The molecule has 0 heterocycles. The molecule has 0 N–H and O–H groups in total. The molecular weight excluding hydrogens is 368 g/mol. The molecule has 23 heavy (non-hydrogen) atoms. The van der Waals surface area contributed by atoms with Crippen molar-refractivity contribution in [2.24, 2.45) is 0 Å². The minimum Gasteiger partial charge on any atom is -0.542 e. The molecule has 4 heteroatoms. The SMILES string of the molecule is CCC(=O)c1ccc(O[Si](C(C)C)(C(C)C)C(C)C)c(C)c1Br. The van der Waals surface area contributed by atoms with Gasteiger partial charge in [-0.1, -0.05) is 48.5 Å². The first-order chi connectivity index (χ1) is 10.6. The molecule has 0 radical (unpaired) electrons. The third-order valence-electron chi connectivity index (χ3n) is 4.95. The molecule has 0 spiro atoms. The van der Waals surface area contributed by atoms with Crippen molar-refractivity contribution < 1.29 is 9.22 Å². The molecule has 0 atom stereocenters. The van der Waals surface area contributed by atoms with E-state index in [2.05, 4.69) is 57.5 Å². The molecule has 2 nitrogen and oxygen atoms in total. The Hall–Kier alpha value is -0.613. The van der Waals surface area contributed by atoms with Crippen LogP contribution in [0.2, 0.25) is 16.6 Å². The highest BCUT2D eigenvalue weighted by Crippen LogP contribution is 2.44. The zero-order valence-corrected chi connectivity index (χ0v) is 18.4. The Kier molecular flexibility index (Phi) is 7.08. The fourth-order valence-electron chi connectivity index (χ4n) is 3.73. The number of carbonyl (C=O) groups excluding carboxylic acids is 1. The summed E-state index contributed by atoms with van der Waals surface area (Å²) >= 11 is 3.61. The molecular formula is C19H31BrO2Si. The van der Waals surface area contributed by atoms with Crippen LogP contribution in [0.5, 0.6) is 5.75 Å². The Balaban J connectivity index is 3.36. The molecule has 0 saturated carbocycles. The Morgan fingerprint density at radius 1 is 1.09 bits per heavy atom. The van der Waals surface area contributed by atoms with E-state index in [-0.39, 0.29) is 5.78 Å². The smallest absolute Gasteiger partial charge is 0.258 e. The molecule has 0 aliphatic carbocycles. The second-order valence-electron chi connectivity index (χ2n) is 7.25. The number of hydrogen-bond acceptors (Lipinski definition) is 2. The van der Waals surface area contributed by atoms with Gasteiger partial charge in [0, 0.05) is 22.0 Å². The maximum Gasteiger partial charge on any atom is 0.258 e. The monoisotopic (exact) mass is 398 g/mol. The van der Waals surface area contributed by atoms with E-state index in [4.69, 9.17) is 4.43 Å². The third-order valence-corrected chi connectivity index (χ3v) is 12.0. The van der Waals surface area contributed by atoms with Gasteiger partial charge < -0.3 is 4.43 Å². The zero-order chi connectivity index (χ0) is 17.9. The molecule has 1 aromatic rings. The van der Waals surface area contributed by atoms with Gasteiger partial charge in [-0.15, -0.1) is 0 Å². The minimum atomic E-state index is -1.98. The lowest BCUT2D eigenvalue weighted by Gasteiger charge is -2.42. The van der Waals surface area contributed by atoms with Crippen molar-refractivity contribution >= 4 is 30.0 Å². The summed E-state index contributed by atoms with van der Waals surface area (Å²) in [6.45, 7) is 17.6. The van der Waals surface area contributed by atoms with Crippen LogP contribution in [0.15, 0.2) is 16.6 Å². The summed E-state index contributed by atoms with van der Waals surface area (Å²) in [5.41, 5.74) is 3.36.